The van der Waals surface area contributed by atoms with Crippen molar-refractivity contribution in [2.45, 2.75) is 29.7 Å². The normalized spacial score (nSPS) is 17.8. The van der Waals surface area contributed by atoms with E-state index in [1.807, 2.05) is 6.07 Å². The zero-order chi connectivity index (χ0) is 13.2. The maximum atomic E-state index is 12.1. The Bertz CT molecular complexity index is 565. The molecule has 1 saturated carbocycles. The molecule has 2 N–H and O–H groups in total. The average Bonchev–Trinajstić information content (AvgIpc) is 2.34. The van der Waals surface area contributed by atoms with Crippen LogP contribution in [0.5, 0.6) is 0 Å². The molecule has 6 nitrogen and oxygen atoms in total. The Labute approximate surface area is 105 Å². The van der Waals surface area contributed by atoms with Crippen molar-refractivity contribution >= 4 is 10.0 Å². The van der Waals surface area contributed by atoms with Gasteiger partial charge in [-0.1, -0.05) is 0 Å². The zero-order valence-electron chi connectivity index (χ0n) is 9.63. The van der Waals surface area contributed by atoms with Crippen molar-refractivity contribution in [3.8, 4) is 6.07 Å². The van der Waals surface area contributed by atoms with Crippen LogP contribution in [0.15, 0.2) is 23.2 Å². The van der Waals surface area contributed by atoms with Gasteiger partial charge >= 0.3 is 0 Å². The number of aliphatic hydroxyl groups excluding tert-OH is 1. The fourth-order valence-electron chi connectivity index (χ4n) is 1.85. The van der Waals surface area contributed by atoms with Gasteiger partial charge in [-0.15, -0.1) is 0 Å². The van der Waals surface area contributed by atoms with Crippen LogP contribution in [-0.2, 0) is 10.0 Å². The molecule has 0 saturated heterocycles. The molecule has 0 atom stereocenters. The van der Waals surface area contributed by atoms with E-state index in [1.54, 1.807) is 0 Å². The lowest BCUT2D eigenvalue weighted by molar-refractivity contribution is 0.110. The van der Waals surface area contributed by atoms with Crippen LogP contribution < -0.4 is 4.72 Å². The molecule has 1 aromatic heterocycles. The van der Waals surface area contributed by atoms with E-state index in [2.05, 4.69) is 9.71 Å². The molecule has 0 unspecified atom stereocenters. The summed E-state index contributed by atoms with van der Waals surface area (Å²) in [6, 6.07) is 4.50. The van der Waals surface area contributed by atoms with Crippen LogP contribution in [0.3, 0.4) is 0 Å². The lowest BCUT2D eigenvalue weighted by atomic mass is 9.78. The lowest BCUT2D eigenvalue weighted by Crippen LogP contribution is -2.55. The minimum atomic E-state index is -3.70. The smallest absolute Gasteiger partial charge is 0.242 e. The van der Waals surface area contributed by atoms with Crippen molar-refractivity contribution in [2.24, 2.45) is 0 Å². The van der Waals surface area contributed by atoms with Crippen LogP contribution in [0.4, 0.5) is 0 Å². The molecule has 0 spiro atoms. The standard InChI is InChI=1S/C11H13N3O3S/c12-6-9-2-3-10(7-13-9)18(16,17)14-11(8-15)4-1-5-11/h2-3,7,14-15H,1,4-5,8H2. The minimum Gasteiger partial charge on any atom is -0.394 e. The summed E-state index contributed by atoms with van der Waals surface area (Å²) in [6.45, 7) is -0.212. The van der Waals surface area contributed by atoms with Crippen molar-refractivity contribution in [1.29, 1.82) is 5.26 Å². The molecule has 1 aliphatic rings. The Morgan fingerprint density at radius 1 is 1.50 bits per heavy atom. The first-order valence-electron chi connectivity index (χ1n) is 5.52. The minimum absolute atomic E-state index is 0.00113. The number of aromatic nitrogens is 1. The maximum Gasteiger partial charge on any atom is 0.242 e. The van der Waals surface area contributed by atoms with Gasteiger partial charge in [-0.2, -0.15) is 5.26 Å². The molecule has 0 radical (unpaired) electrons. The molecule has 1 heterocycles. The predicted molar refractivity (Wildman–Crippen MR) is 62.9 cm³/mol. The van der Waals surface area contributed by atoms with E-state index in [0.717, 1.165) is 12.6 Å². The largest absolute Gasteiger partial charge is 0.394 e. The SMILES string of the molecule is N#Cc1ccc(S(=O)(=O)NC2(CO)CCC2)cn1. The molecule has 18 heavy (non-hydrogen) atoms. The van der Waals surface area contributed by atoms with Gasteiger partial charge in [0, 0.05) is 6.20 Å². The third-order valence-electron chi connectivity index (χ3n) is 3.13. The monoisotopic (exact) mass is 267 g/mol. The third kappa shape index (κ3) is 2.36. The highest BCUT2D eigenvalue weighted by Gasteiger charge is 2.40. The quantitative estimate of drug-likeness (QED) is 0.808. The van der Waals surface area contributed by atoms with E-state index < -0.39 is 15.6 Å². The predicted octanol–water partition coefficient (Wildman–Crippen LogP) is 0.147. The second kappa shape index (κ2) is 4.65. The molecule has 0 amide bonds. The number of sulfonamides is 1. The molecule has 1 aromatic rings. The Kier molecular flexibility index (Phi) is 3.34. The zero-order valence-corrected chi connectivity index (χ0v) is 10.4. The van der Waals surface area contributed by atoms with Crippen LogP contribution >= 0.6 is 0 Å². The number of nitrogens with one attached hydrogen (secondary N) is 1. The molecule has 0 bridgehead atoms. The number of hydrogen-bond donors (Lipinski definition) is 2. The second-order valence-corrected chi connectivity index (χ2v) is 6.07. The van der Waals surface area contributed by atoms with Crippen molar-refractivity contribution in [1.82, 2.24) is 9.71 Å². The van der Waals surface area contributed by atoms with Crippen LogP contribution in [0.2, 0.25) is 0 Å². The number of rotatable bonds is 4. The molecular weight excluding hydrogens is 254 g/mol. The number of aliphatic hydroxyl groups is 1. The third-order valence-corrected chi connectivity index (χ3v) is 4.69. The van der Waals surface area contributed by atoms with E-state index in [4.69, 9.17) is 5.26 Å². The Hall–Kier alpha value is -1.49. The maximum absolute atomic E-state index is 12.1. The summed E-state index contributed by atoms with van der Waals surface area (Å²) < 4.78 is 26.6. The summed E-state index contributed by atoms with van der Waals surface area (Å²) in [5.74, 6) is 0. The Balaban J connectivity index is 2.22. The van der Waals surface area contributed by atoms with E-state index in [9.17, 15) is 13.5 Å². The first-order valence-corrected chi connectivity index (χ1v) is 7.01. The number of nitrogens with zero attached hydrogens (tertiary/aromatic N) is 2. The van der Waals surface area contributed by atoms with E-state index in [1.165, 1.54) is 12.1 Å². The van der Waals surface area contributed by atoms with Crippen molar-refractivity contribution in [3.05, 3.63) is 24.0 Å². The fourth-order valence-corrected chi connectivity index (χ4v) is 3.24. The van der Waals surface area contributed by atoms with Gasteiger partial charge in [-0.25, -0.2) is 18.1 Å². The van der Waals surface area contributed by atoms with Crippen molar-refractivity contribution < 1.29 is 13.5 Å². The molecule has 0 aliphatic heterocycles. The first-order chi connectivity index (χ1) is 8.51. The molecular formula is C11H13N3O3S. The molecule has 7 heteroatoms. The Morgan fingerprint density at radius 3 is 2.61 bits per heavy atom. The highest BCUT2D eigenvalue weighted by molar-refractivity contribution is 7.89. The van der Waals surface area contributed by atoms with E-state index >= 15 is 0 Å². The van der Waals surface area contributed by atoms with Gasteiger partial charge in [0.25, 0.3) is 0 Å². The van der Waals surface area contributed by atoms with Gasteiger partial charge < -0.3 is 5.11 Å². The van der Waals surface area contributed by atoms with Crippen molar-refractivity contribution in [3.63, 3.8) is 0 Å². The topological polar surface area (TPSA) is 103 Å². The van der Waals surface area contributed by atoms with Crippen molar-refractivity contribution in [2.75, 3.05) is 6.61 Å². The van der Waals surface area contributed by atoms with Gasteiger partial charge in [-0.05, 0) is 31.4 Å². The van der Waals surface area contributed by atoms with Crippen LogP contribution in [0.25, 0.3) is 0 Å². The highest BCUT2D eigenvalue weighted by atomic mass is 32.2. The molecule has 2 rings (SSSR count). The van der Waals surface area contributed by atoms with Crippen LogP contribution in [-0.4, -0.2) is 30.7 Å². The summed E-state index contributed by atoms with van der Waals surface area (Å²) in [5, 5.41) is 17.8. The molecule has 96 valence electrons. The number of nitriles is 1. The van der Waals surface area contributed by atoms with Gasteiger partial charge in [0.05, 0.1) is 12.1 Å². The summed E-state index contributed by atoms with van der Waals surface area (Å²) in [5.41, 5.74) is -0.568. The molecule has 0 aromatic carbocycles. The molecule has 1 aliphatic carbocycles. The summed E-state index contributed by atoms with van der Waals surface area (Å²) in [4.78, 5) is 3.72. The van der Waals surface area contributed by atoms with E-state index in [-0.39, 0.29) is 17.2 Å². The lowest BCUT2D eigenvalue weighted by Gasteiger charge is -2.40. The summed E-state index contributed by atoms with van der Waals surface area (Å²) in [7, 11) is -3.70. The second-order valence-electron chi connectivity index (χ2n) is 4.39. The highest BCUT2D eigenvalue weighted by Crippen LogP contribution is 2.32. The van der Waals surface area contributed by atoms with Crippen LogP contribution in [0.1, 0.15) is 25.0 Å². The van der Waals surface area contributed by atoms with Gasteiger partial charge in [0.15, 0.2) is 0 Å². The first kappa shape index (κ1) is 13.0. The average molecular weight is 267 g/mol. The fraction of sp³-hybridized carbons (Fsp3) is 0.455. The van der Waals surface area contributed by atoms with Gasteiger partial charge in [0.2, 0.25) is 10.0 Å². The van der Waals surface area contributed by atoms with E-state index in [0.29, 0.717) is 12.8 Å². The molecule has 1 fully saturated rings. The summed E-state index contributed by atoms with van der Waals surface area (Å²) >= 11 is 0. The van der Waals surface area contributed by atoms with Gasteiger partial charge in [0.1, 0.15) is 16.7 Å². The number of pyridine rings is 1. The van der Waals surface area contributed by atoms with Crippen LogP contribution in [0, 0.1) is 11.3 Å². The Morgan fingerprint density at radius 2 is 2.22 bits per heavy atom. The van der Waals surface area contributed by atoms with Gasteiger partial charge in [-0.3, -0.25) is 0 Å². The number of hydrogen-bond acceptors (Lipinski definition) is 5. The summed E-state index contributed by atoms with van der Waals surface area (Å²) in [6.07, 6.45) is 3.30.